The summed E-state index contributed by atoms with van der Waals surface area (Å²) in [7, 11) is 1.98. The van der Waals surface area contributed by atoms with Crippen LogP contribution < -0.4 is 21.7 Å². The Labute approximate surface area is 368 Å². The quantitative estimate of drug-likeness (QED) is 0.0628. The van der Waals surface area contributed by atoms with Gasteiger partial charge in [-0.05, 0) is 96.0 Å². The monoisotopic (exact) mass is 870 g/mol. The molecule has 1 aliphatic heterocycles. The van der Waals surface area contributed by atoms with E-state index in [2.05, 4.69) is 48.5 Å². The van der Waals surface area contributed by atoms with E-state index in [9.17, 15) is 29.1 Å². The van der Waals surface area contributed by atoms with Crippen LogP contribution in [-0.2, 0) is 30.3 Å². The molecule has 6 atom stereocenters. The number of hydrogen-bond acceptors (Lipinski definition) is 10. The van der Waals surface area contributed by atoms with Gasteiger partial charge in [-0.3, -0.25) is 28.9 Å². The van der Waals surface area contributed by atoms with E-state index in [1.807, 2.05) is 37.9 Å². The second kappa shape index (κ2) is 25.3. The molecule has 0 aliphatic carbocycles. The molecule has 0 saturated carbocycles. The van der Waals surface area contributed by atoms with Crippen molar-refractivity contribution in [3.05, 3.63) is 45.9 Å². The highest BCUT2D eigenvalue weighted by Gasteiger charge is 2.38. The molecule has 0 bridgehead atoms. The summed E-state index contributed by atoms with van der Waals surface area (Å²) < 4.78 is 6.36. The molecule has 1 saturated heterocycles. The molecule has 1 fully saturated rings. The maximum Gasteiger partial charge on any atom is 0.309 e. The number of ether oxygens (including phenoxy) is 1. The molecular weight excluding hydrogens is 795 g/mol. The predicted molar refractivity (Wildman–Crippen MR) is 242 cm³/mol. The molecule has 2 heterocycles. The third-order valence-electron chi connectivity index (χ3n) is 12.0. The Bertz CT molecular complexity index is 1700. The Kier molecular flexibility index (Phi) is 21.3. The van der Waals surface area contributed by atoms with Crippen molar-refractivity contribution in [3.63, 3.8) is 0 Å². The number of carboxylic acid groups (broad SMARTS) is 1. The number of anilines is 1. The highest BCUT2D eigenvalue weighted by molar-refractivity contribution is 7.09. The third-order valence-corrected chi connectivity index (χ3v) is 12.9. The average Bonchev–Trinajstić information content (AvgIpc) is 3.72. The van der Waals surface area contributed by atoms with E-state index in [0.29, 0.717) is 36.7 Å². The Morgan fingerprint density at radius 1 is 1.03 bits per heavy atom. The Morgan fingerprint density at radius 3 is 2.33 bits per heavy atom. The first kappa shape index (κ1) is 51.4. The lowest BCUT2D eigenvalue weighted by Crippen LogP contribution is -2.59. The Morgan fingerprint density at radius 2 is 1.74 bits per heavy atom. The van der Waals surface area contributed by atoms with Crippen LogP contribution in [0.5, 0.6) is 0 Å². The smallest absolute Gasteiger partial charge is 0.309 e. The molecule has 1 aromatic carbocycles. The zero-order chi connectivity index (χ0) is 45.3. The SMILES string of the molecule is CCCCCCN(C(=O)[C@@H](NC(=O)C1CCCCN1C)[C@@H](C)CC)[C@H](C[C@@H](OCC)c1nc(C(=O)N[C@@H](Cc2ccc(NC(=O)CN)cc2)CC(C)(C)C(=O)O)cs1)C(C)C. The number of unbranched alkanes of at least 4 members (excludes halogenated alkanes) is 3. The third kappa shape index (κ3) is 15.7. The van der Waals surface area contributed by atoms with Crippen molar-refractivity contribution in [2.75, 3.05) is 38.6 Å². The van der Waals surface area contributed by atoms with Crippen molar-refractivity contribution in [2.24, 2.45) is 23.0 Å². The van der Waals surface area contributed by atoms with E-state index >= 15 is 0 Å². The number of likely N-dealkylation sites (N-methyl/N-ethyl adjacent to an activating group) is 1. The number of benzene rings is 1. The minimum absolute atomic E-state index is 0.0444. The molecule has 1 aromatic heterocycles. The molecule has 1 aliphatic rings. The summed E-state index contributed by atoms with van der Waals surface area (Å²) in [6, 6.07) is 5.41. The zero-order valence-corrected chi connectivity index (χ0v) is 39.1. The molecule has 2 aromatic rings. The fourth-order valence-corrected chi connectivity index (χ4v) is 8.84. The van der Waals surface area contributed by atoms with Crippen LogP contribution in [0, 0.1) is 17.3 Å². The van der Waals surface area contributed by atoms with Gasteiger partial charge in [0.05, 0.1) is 18.0 Å². The van der Waals surface area contributed by atoms with E-state index in [4.69, 9.17) is 15.5 Å². The molecule has 342 valence electrons. The summed E-state index contributed by atoms with van der Waals surface area (Å²) >= 11 is 1.32. The molecule has 3 rings (SSSR count). The normalized spacial score (nSPS) is 17.2. The van der Waals surface area contributed by atoms with Crippen LogP contribution >= 0.6 is 11.3 Å². The van der Waals surface area contributed by atoms with Gasteiger partial charge in [-0.25, -0.2) is 4.98 Å². The number of nitrogens with zero attached hydrogens (tertiary/aromatic N) is 3. The largest absolute Gasteiger partial charge is 0.481 e. The fourth-order valence-electron chi connectivity index (χ4n) is 7.98. The van der Waals surface area contributed by atoms with Crippen LogP contribution in [0.4, 0.5) is 5.69 Å². The van der Waals surface area contributed by atoms with E-state index in [1.165, 1.54) is 11.3 Å². The van der Waals surface area contributed by atoms with Crippen LogP contribution in [-0.4, -0.2) is 107 Å². The molecule has 0 radical (unpaired) electrons. The van der Waals surface area contributed by atoms with Crippen LogP contribution in [0.2, 0.25) is 0 Å². The van der Waals surface area contributed by atoms with Crippen LogP contribution in [0.15, 0.2) is 29.6 Å². The number of carbonyl (C=O) groups excluding carboxylic acids is 4. The van der Waals surface area contributed by atoms with Gasteiger partial charge in [0.15, 0.2) is 0 Å². The first-order chi connectivity index (χ1) is 29.0. The highest BCUT2D eigenvalue weighted by Crippen LogP contribution is 2.32. The van der Waals surface area contributed by atoms with Crippen LogP contribution in [0.25, 0.3) is 0 Å². The van der Waals surface area contributed by atoms with Crippen molar-refractivity contribution in [1.82, 2.24) is 25.4 Å². The van der Waals surface area contributed by atoms with Gasteiger partial charge in [0.2, 0.25) is 17.7 Å². The Balaban J connectivity index is 1.90. The summed E-state index contributed by atoms with van der Waals surface area (Å²) in [5.41, 5.74) is 5.92. The van der Waals surface area contributed by atoms with Crippen molar-refractivity contribution < 1.29 is 33.8 Å². The van der Waals surface area contributed by atoms with Crippen LogP contribution in [0.3, 0.4) is 0 Å². The van der Waals surface area contributed by atoms with Crippen molar-refractivity contribution in [1.29, 1.82) is 0 Å². The summed E-state index contributed by atoms with van der Waals surface area (Å²) in [5, 5.41) is 21.3. The molecule has 6 N–H and O–H groups in total. The minimum atomic E-state index is -1.13. The number of nitrogens with two attached hydrogens (primary N) is 1. The lowest BCUT2D eigenvalue weighted by molar-refractivity contribution is -0.147. The lowest BCUT2D eigenvalue weighted by Gasteiger charge is -2.40. The number of rotatable bonds is 26. The minimum Gasteiger partial charge on any atom is -0.481 e. The van der Waals surface area contributed by atoms with Gasteiger partial charge in [-0.15, -0.1) is 11.3 Å². The number of nitrogens with one attached hydrogen (secondary N) is 3. The number of hydrogen-bond donors (Lipinski definition) is 5. The fraction of sp³-hybridized carbons (Fsp3) is 0.696. The topological polar surface area (TPSA) is 196 Å². The van der Waals surface area contributed by atoms with E-state index in [0.717, 1.165) is 63.5 Å². The predicted octanol–water partition coefficient (Wildman–Crippen LogP) is 6.80. The molecule has 14 nitrogen and oxygen atoms in total. The first-order valence-electron chi connectivity index (χ1n) is 22.5. The summed E-state index contributed by atoms with van der Waals surface area (Å²) in [5.74, 6) is -1.92. The average molecular weight is 870 g/mol. The lowest BCUT2D eigenvalue weighted by atomic mass is 9.84. The van der Waals surface area contributed by atoms with Crippen molar-refractivity contribution in [3.8, 4) is 0 Å². The van der Waals surface area contributed by atoms with E-state index in [-0.39, 0.29) is 60.3 Å². The van der Waals surface area contributed by atoms with Gasteiger partial charge in [0.1, 0.15) is 22.8 Å². The number of amides is 4. The maximum absolute atomic E-state index is 14.9. The number of aliphatic carboxylic acids is 1. The molecule has 0 spiro atoms. The van der Waals surface area contributed by atoms with E-state index < -0.39 is 35.5 Å². The summed E-state index contributed by atoms with van der Waals surface area (Å²) in [6.45, 7) is 17.3. The highest BCUT2D eigenvalue weighted by atomic mass is 32.1. The summed E-state index contributed by atoms with van der Waals surface area (Å²) in [4.78, 5) is 75.4. The second-order valence-electron chi connectivity index (χ2n) is 17.7. The summed E-state index contributed by atoms with van der Waals surface area (Å²) in [6.07, 6.45) is 7.95. The second-order valence-corrected chi connectivity index (χ2v) is 18.6. The van der Waals surface area contributed by atoms with Crippen LogP contribution in [0.1, 0.15) is 147 Å². The van der Waals surface area contributed by atoms with Crippen molar-refractivity contribution in [2.45, 2.75) is 156 Å². The standard InChI is InChI=1S/C46H75N7O7S/c1-10-13-14-16-24-53(44(57)40(31(6)11-2)51-42(56)36-18-15-17-23-52(36)9)37(30(4)5)26-38(60-12-3)43-50-35(29-61-43)41(55)49-34(27-46(7,8)45(58)59)25-32-19-21-33(22-20-32)48-39(54)28-47/h19-22,29-31,34,36-38,40H,10-18,23-28,47H2,1-9H3,(H,48,54)(H,49,55)(H,51,56)(H,58,59)/t31-,34-,36?,37+,38+,40-/m0/s1. The van der Waals surface area contributed by atoms with Crippen molar-refractivity contribution >= 4 is 46.6 Å². The van der Waals surface area contributed by atoms with E-state index in [1.54, 1.807) is 31.4 Å². The number of carbonyl (C=O) groups is 5. The molecule has 4 amide bonds. The van der Waals surface area contributed by atoms with Gasteiger partial charge < -0.3 is 36.4 Å². The van der Waals surface area contributed by atoms with Gasteiger partial charge >= 0.3 is 5.97 Å². The van der Waals surface area contributed by atoms with Gasteiger partial charge in [-0.1, -0.05) is 78.9 Å². The first-order valence-corrected chi connectivity index (χ1v) is 23.3. The maximum atomic E-state index is 14.9. The number of likely N-dealkylation sites (tertiary alicyclic amines) is 1. The number of piperidine rings is 1. The molecule has 1 unspecified atom stereocenters. The molecule has 61 heavy (non-hydrogen) atoms. The number of thiazole rings is 1. The number of carboxylic acids is 1. The van der Waals surface area contributed by atoms with Gasteiger partial charge in [-0.2, -0.15) is 0 Å². The zero-order valence-electron chi connectivity index (χ0n) is 38.3. The van der Waals surface area contributed by atoms with Gasteiger partial charge in [0, 0.05) is 42.7 Å². The number of aromatic nitrogens is 1. The molecule has 15 heteroatoms. The molecular formula is C46H75N7O7S. The Hall–Kier alpha value is -3.92. The van der Waals surface area contributed by atoms with Gasteiger partial charge in [0.25, 0.3) is 5.91 Å².